The zero-order valence-corrected chi connectivity index (χ0v) is 20.8. The largest absolute Gasteiger partial charge is 0.379 e. The van der Waals surface area contributed by atoms with Crippen molar-refractivity contribution < 1.29 is 35.6 Å². The quantitative estimate of drug-likeness (QED) is 0.465. The zero-order valence-electron chi connectivity index (χ0n) is 19.1. The minimum Gasteiger partial charge on any atom is -0.379 e. The number of nitrogens with zero attached hydrogens (tertiary/aromatic N) is 3. The van der Waals surface area contributed by atoms with E-state index in [0.29, 0.717) is 32.8 Å². The lowest BCUT2D eigenvalue weighted by Crippen LogP contribution is -2.49. The van der Waals surface area contributed by atoms with E-state index in [9.17, 15) is 30.8 Å². The van der Waals surface area contributed by atoms with Gasteiger partial charge in [-0.1, -0.05) is 0 Å². The number of morpholine rings is 1. The van der Waals surface area contributed by atoms with E-state index in [-0.39, 0.29) is 22.0 Å². The molecule has 194 valence electrons. The van der Waals surface area contributed by atoms with Gasteiger partial charge in [0.2, 0.25) is 26.0 Å². The van der Waals surface area contributed by atoms with Gasteiger partial charge >= 0.3 is 0 Å². The number of carbonyl (C=O) groups excluding carboxylic acids is 2. The van der Waals surface area contributed by atoms with Crippen LogP contribution in [0.2, 0.25) is 0 Å². The third-order valence-corrected chi connectivity index (χ3v) is 8.91. The molecule has 1 atom stereocenters. The molecular formula is C22H25FN4O7S2. The fourth-order valence-corrected chi connectivity index (χ4v) is 6.24. The van der Waals surface area contributed by atoms with Crippen molar-refractivity contribution in [1.82, 2.24) is 9.21 Å². The molecule has 0 radical (unpaired) electrons. The molecule has 2 aliphatic rings. The normalized spacial score (nSPS) is 19.9. The number of carbonyl (C=O) groups is 2. The minimum absolute atomic E-state index is 0.0818. The number of hydrogen-bond donors (Lipinski definition) is 1. The van der Waals surface area contributed by atoms with Gasteiger partial charge in [0.1, 0.15) is 11.9 Å². The number of benzene rings is 2. The Kier molecular flexibility index (Phi) is 7.54. The number of hydrogen-bond acceptors (Lipinski definition) is 8. The number of anilines is 1. The fraction of sp³-hybridized carbons (Fsp3) is 0.364. The van der Waals surface area contributed by atoms with Crippen molar-refractivity contribution in [3.8, 4) is 0 Å². The summed E-state index contributed by atoms with van der Waals surface area (Å²) in [6.07, 6.45) is -0.403. The molecule has 2 aromatic rings. The number of sulfonamides is 2. The second kappa shape index (κ2) is 10.3. The van der Waals surface area contributed by atoms with E-state index in [1.807, 2.05) is 4.90 Å². The van der Waals surface area contributed by atoms with Crippen molar-refractivity contribution in [3.05, 3.63) is 54.3 Å². The van der Waals surface area contributed by atoms with Crippen LogP contribution in [0.1, 0.15) is 6.42 Å². The summed E-state index contributed by atoms with van der Waals surface area (Å²) in [6, 6.07) is 7.73. The molecule has 0 saturated carbocycles. The lowest BCUT2D eigenvalue weighted by Gasteiger charge is -2.31. The van der Waals surface area contributed by atoms with Gasteiger partial charge in [-0.3, -0.25) is 14.5 Å². The van der Waals surface area contributed by atoms with Crippen molar-refractivity contribution in [2.75, 3.05) is 44.3 Å². The van der Waals surface area contributed by atoms with Crippen LogP contribution in [0.3, 0.4) is 0 Å². The molecule has 1 unspecified atom stereocenters. The Morgan fingerprint density at radius 1 is 0.944 bits per heavy atom. The zero-order chi connectivity index (χ0) is 26.1. The third kappa shape index (κ3) is 5.48. The molecule has 0 aliphatic carbocycles. The Hall–Kier alpha value is -2.75. The lowest BCUT2D eigenvalue weighted by atomic mass is 10.2. The molecule has 0 bridgehead atoms. The maximum absolute atomic E-state index is 13.6. The molecule has 2 aromatic carbocycles. The highest BCUT2D eigenvalue weighted by Gasteiger charge is 2.47. The van der Waals surface area contributed by atoms with Crippen LogP contribution in [-0.4, -0.2) is 83.3 Å². The van der Waals surface area contributed by atoms with Gasteiger partial charge in [-0.05, 0) is 48.5 Å². The number of imide groups is 1. The monoisotopic (exact) mass is 540 g/mol. The summed E-state index contributed by atoms with van der Waals surface area (Å²) >= 11 is 0. The van der Waals surface area contributed by atoms with Crippen molar-refractivity contribution in [3.63, 3.8) is 0 Å². The number of rotatable bonds is 8. The smallest absolute Gasteiger partial charge is 0.252 e. The molecule has 2 saturated heterocycles. The molecule has 0 aromatic heterocycles. The van der Waals surface area contributed by atoms with Gasteiger partial charge in [0.15, 0.2) is 0 Å². The summed E-state index contributed by atoms with van der Waals surface area (Å²) in [5.74, 6) is -2.02. The molecule has 2 N–H and O–H groups in total. The van der Waals surface area contributed by atoms with Gasteiger partial charge in [-0.15, -0.1) is 0 Å². The van der Waals surface area contributed by atoms with E-state index < -0.39 is 50.1 Å². The average molecular weight is 541 g/mol. The summed E-state index contributed by atoms with van der Waals surface area (Å²) < 4.78 is 69.9. The summed E-state index contributed by atoms with van der Waals surface area (Å²) in [4.78, 5) is 28.7. The minimum atomic E-state index is -4.28. The molecule has 2 amide bonds. The van der Waals surface area contributed by atoms with Crippen LogP contribution in [-0.2, 0) is 34.4 Å². The van der Waals surface area contributed by atoms with E-state index >= 15 is 0 Å². The maximum Gasteiger partial charge on any atom is 0.252 e. The highest BCUT2D eigenvalue weighted by Crippen LogP contribution is 2.30. The Labute approximate surface area is 208 Å². The van der Waals surface area contributed by atoms with Crippen LogP contribution >= 0.6 is 0 Å². The molecule has 4 rings (SSSR count). The van der Waals surface area contributed by atoms with Crippen LogP contribution in [0.25, 0.3) is 0 Å². The Balaban J connectivity index is 1.64. The van der Waals surface area contributed by atoms with Gasteiger partial charge in [-0.2, -0.15) is 4.31 Å². The van der Waals surface area contributed by atoms with E-state index in [1.54, 1.807) is 0 Å². The molecule has 2 fully saturated rings. The molecule has 2 heterocycles. The van der Waals surface area contributed by atoms with E-state index in [1.165, 1.54) is 12.1 Å². The molecule has 0 spiro atoms. The third-order valence-electron chi connectivity index (χ3n) is 6.05. The first-order chi connectivity index (χ1) is 17.0. The first-order valence-electron chi connectivity index (χ1n) is 11.1. The second-order valence-electron chi connectivity index (χ2n) is 8.35. The van der Waals surface area contributed by atoms with Crippen LogP contribution < -0.4 is 10.0 Å². The molecule has 2 aliphatic heterocycles. The summed E-state index contributed by atoms with van der Waals surface area (Å²) in [5.41, 5.74) is 0.0900. The Bertz CT molecular complexity index is 1340. The SMILES string of the molecule is NS(=O)(=O)c1ccc(N2C(=O)CC(N(CCN3CCOCC3)S(=O)(=O)c3ccc(F)cc3)C2=O)cc1. The topological polar surface area (TPSA) is 147 Å². The predicted octanol–water partition coefficient (Wildman–Crippen LogP) is 0.128. The lowest BCUT2D eigenvalue weighted by molar-refractivity contribution is -0.122. The van der Waals surface area contributed by atoms with Gasteiger partial charge < -0.3 is 4.74 Å². The van der Waals surface area contributed by atoms with Crippen molar-refractivity contribution in [2.24, 2.45) is 5.14 Å². The predicted molar refractivity (Wildman–Crippen MR) is 126 cm³/mol. The van der Waals surface area contributed by atoms with E-state index in [0.717, 1.165) is 45.6 Å². The molecule has 36 heavy (non-hydrogen) atoms. The van der Waals surface area contributed by atoms with Crippen LogP contribution in [0.5, 0.6) is 0 Å². The van der Waals surface area contributed by atoms with Crippen LogP contribution in [0, 0.1) is 5.82 Å². The number of halogens is 1. The number of primary sulfonamides is 1. The van der Waals surface area contributed by atoms with Gasteiger partial charge in [0.25, 0.3) is 5.91 Å². The molecule has 11 nitrogen and oxygen atoms in total. The van der Waals surface area contributed by atoms with E-state index in [2.05, 4.69) is 0 Å². The average Bonchev–Trinajstić information content (AvgIpc) is 3.13. The number of nitrogens with two attached hydrogens (primary N) is 1. The summed E-state index contributed by atoms with van der Waals surface area (Å²) in [5, 5.41) is 5.10. The van der Waals surface area contributed by atoms with Crippen LogP contribution in [0.4, 0.5) is 10.1 Å². The van der Waals surface area contributed by atoms with Gasteiger partial charge in [0.05, 0.1) is 35.1 Å². The summed E-state index contributed by atoms with van der Waals surface area (Å²) in [7, 11) is -8.26. The fourth-order valence-electron chi connectivity index (χ4n) is 4.15. The Morgan fingerprint density at radius 3 is 2.11 bits per heavy atom. The summed E-state index contributed by atoms with van der Waals surface area (Å²) in [6.45, 7) is 2.38. The van der Waals surface area contributed by atoms with Crippen molar-refractivity contribution in [1.29, 1.82) is 0 Å². The second-order valence-corrected chi connectivity index (χ2v) is 11.8. The first kappa shape index (κ1) is 26.3. The van der Waals surface area contributed by atoms with Crippen LogP contribution in [0.15, 0.2) is 58.3 Å². The molecule has 14 heteroatoms. The highest BCUT2D eigenvalue weighted by atomic mass is 32.2. The van der Waals surface area contributed by atoms with Gasteiger partial charge in [-0.25, -0.2) is 31.3 Å². The first-order valence-corrected chi connectivity index (χ1v) is 14.0. The molecular weight excluding hydrogens is 515 g/mol. The van der Waals surface area contributed by atoms with Gasteiger partial charge in [0, 0.05) is 26.2 Å². The van der Waals surface area contributed by atoms with Crippen molar-refractivity contribution in [2.45, 2.75) is 22.3 Å². The van der Waals surface area contributed by atoms with Crippen molar-refractivity contribution >= 4 is 37.5 Å². The standard InChI is InChI=1S/C22H25FN4O7S2/c23-16-1-5-19(6-2-16)36(32,33)26(10-9-25-11-13-34-14-12-25)20-15-21(28)27(22(20)29)17-3-7-18(8-4-17)35(24,30)31/h1-8,20H,9-15H2,(H2,24,30,31). The number of amides is 2. The van der Waals surface area contributed by atoms with E-state index in [4.69, 9.17) is 9.88 Å². The Morgan fingerprint density at radius 2 is 1.53 bits per heavy atom. The highest BCUT2D eigenvalue weighted by molar-refractivity contribution is 7.89. The number of ether oxygens (including phenoxy) is 1. The maximum atomic E-state index is 13.6.